The first-order valence-corrected chi connectivity index (χ1v) is 25.2. The van der Waals surface area contributed by atoms with Crippen molar-refractivity contribution in [3.05, 3.63) is 21.1 Å². The second-order valence-electron chi connectivity index (χ2n) is 16.6. The van der Waals surface area contributed by atoms with Crippen molar-refractivity contribution < 1.29 is 0 Å². The molecule has 2 heterocycles. The zero-order valence-corrected chi connectivity index (χ0v) is 37.2. The second-order valence-corrected chi connectivity index (χ2v) is 18.7. The van der Waals surface area contributed by atoms with Crippen LogP contribution in [0.15, 0.2) is 0 Å². The summed E-state index contributed by atoms with van der Waals surface area (Å²) in [6.07, 6.45) is 54.1. The third-order valence-corrected chi connectivity index (χ3v) is 14.1. The summed E-state index contributed by atoms with van der Waals surface area (Å²) in [6.45, 7) is 9.04. The summed E-state index contributed by atoms with van der Waals surface area (Å²) in [7, 11) is 0. The summed E-state index contributed by atoms with van der Waals surface area (Å²) in [5, 5.41) is 2.32. The van der Waals surface area contributed by atoms with Gasteiger partial charge in [-0.05, 0) is 39.5 Å². The van der Waals surface area contributed by atoms with Gasteiger partial charge < -0.3 is 0 Å². The van der Waals surface area contributed by atoms with E-state index in [-0.39, 0.29) is 0 Å². The molecule has 0 fully saturated rings. The first-order chi connectivity index (χ1) is 25.7. The van der Waals surface area contributed by atoms with Crippen molar-refractivity contribution in [1.82, 2.24) is 9.97 Å². The summed E-state index contributed by atoms with van der Waals surface area (Å²) in [4.78, 5) is 12.9. The molecule has 0 spiro atoms. The van der Waals surface area contributed by atoms with Crippen LogP contribution in [0.2, 0.25) is 0 Å². The van der Waals surface area contributed by atoms with E-state index in [1.54, 1.807) is 0 Å². The van der Waals surface area contributed by atoms with Gasteiger partial charge in [-0.15, -0.1) is 22.7 Å². The van der Waals surface area contributed by atoms with Crippen molar-refractivity contribution in [2.45, 2.75) is 272 Å². The molecule has 52 heavy (non-hydrogen) atoms. The Hall–Kier alpha value is -0.740. The van der Waals surface area contributed by atoms with E-state index in [2.05, 4.69) is 27.7 Å². The molecule has 0 unspecified atom stereocenters. The van der Waals surface area contributed by atoms with Crippen LogP contribution in [-0.4, -0.2) is 9.97 Å². The molecule has 0 radical (unpaired) electrons. The van der Waals surface area contributed by atoms with E-state index in [1.807, 2.05) is 22.7 Å². The van der Waals surface area contributed by atoms with Crippen LogP contribution in [0.5, 0.6) is 0 Å². The SMILES string of the molecule is CCCCCCCCCCCCCCCCCCCCc1sc(-c2nc(C)c(CCCCCCCCCCCCCCCCCCCC)s2)nc1C. The molecule has 0 aliphatic carbocycles. The van der Waals surface area contributed by atoms with E-state index in [4.69, 9.17) is 9.97 Å². The molecule has 0 amide bonds. The van der Waals surface area contributed by atoms with Gasteiger partial charge >= 0.3 is 0 Å². The van der Waals surface area contributed by atoms with Crippen LogP contribution in [0.3, 0.4) is 0 Å². The molecule has 0 saturated carbocycles. The number of unbranched alkanes of at least 4 members (excludes halogenated alkanes) is 34. The maximum Gasteiger partial charge on any atom is 0.152 e. The van der Waals surface area contributed by atoms with E-state index < -0.39 is 0 Å². The number of hydrogen-bond acceptors (Lipinski definition) is 4. The number of aromatic nitrogens is 2. The van der Waals surface area contributed by atoms with E-state index >= 15 is 0 Å². The Kier molecular flexibility index (Phi) is 31.7. The van der Waals surface area contributed by atoms with Crippen LogP contribution in [0.1, 0.15) is 266 Å². The van der Waals surface area contributed by atoms with Crippen molar-refractivity contribution >= 4 is 22.7 Å². The molecule has 0 atom stereocenters. The van der Waals surface area contributed by atoms with Crippen molar-refractivity contribution in [2.24, 2.45) is 0 Å². The molecular weight excluding hydrogens is 669 g/mol. The van der Waals surface area contributed by atoms with Gasteiger partial charge in [0, 0.05) is 9.75 Å². The molecule has 0 aromatic carbocycles. The molecule has 2 nitrogen and oxygen atoms in total. The van der Waals surface area contributed by atoms with E-state index in [0.29, 0.717) is 0 Å². The van der Waals surface area contributed by atoms with Crippen molar-refractivity contribution in [3.63, 3.8) is 0 Å². The molecule has 0 N–H and O–H groups in total. The maximum atomic E-state index is 4.98. The van der Waals surface area contributed by atoms with E-state index in [0.717, 1.165) is 10.0 Å². The van der Waals surface area contributed by atoms with Crippen molar-refractivity contribution in [2.75, 3.05) is 0 Å². The topological polar surface area (TPSA) is 25.8 Å². The van der Waals surface area contributed by atoms with E-state index in [9.17, 15) is 0 Å². The molecule has 0 bridgehead atoms. The number of hydrogen-bond donors (Lipinski definition) is 0. The Balaban J connectivity index is 1.42. The van der Waals surface area contributed by atoms with Gasteiger partial charge in [-0.3, -0.25) is 0 Å². The lowest BCUT2D eigenvalue weighted by molar-refractivity contribution is 0.525. The van der Waals surface area contributed by atoms with Gasteiger partial charge in [-0.2, -0.15) is 0 Å². The summed E-state index contributed by atoms with van der Waals surface area (Å²) < 4.78 is 0. The normalized spacial score (nSPS) is 11.7. The molecule has 4 heteroatoms. The number of nitrogens with zero attached hydrogens (tertiary/aromatic N) is 2. The molecule has 2 aromatic heterocycles. The Bertz CT molecular complexity index is 957. The Morgan fingerprint density at radius 1 is 0.288 bits per heavy atom. The molecule has 2 rings (SSSR count). The average Bonchev–Trinajstić information content (AvgIpc) is 3.71. The fourth-order valence-electron chi connectivity index (χ4n) is 7.88. The number of aryl methyl sites for hydroxylation is 4. The highest BCUT2D eigenvalue weighted by Gasteiger charge is 2.15. The molecule has 302 valence electrons. The monoisotopic (exact) mass is 757 g/mol. The third kappa shape index (κ3) is 25.4. The third-order valence-electron chi connectivity index (χ3n) is 11.5. The van der Waals surface area contributed by atoms with E-state index in [1.165, 1.54) is 265 Å². The zero-order chi connectivity index (χ0) is 37.2. The molecule has 0 aliphatic rings. The highest BCUT2D eigenvalue weighted by molar-refractivity contribution is 7.21. The van der Waals surface area contributed by atoms with Gasteiger partial charge in [0.1, 0.15) is 0 Å². The first kappa shape index (κ1) is 47.4. The number of thiazole rings is 2. The van der Waals surface area contributed by atoms with Crippen LogP contribution in [0.4, 0.5) is 0 Å². The summed E-state index contributed by atoms with van der Waals surface area (Å²) in [5.41, 5.74) is 2.48. The van der Waals surface area contributed by atoms with Gasteiger partial charge in [0.05, 0.1) is 11.4 Å². The fraction of sp³-hybridized carbons (Fsp3) is 0.875. The summed E-state index contributed by atoms with van der Waals surface area (Å²) in [5.74, 6) is 0. The van der Waals surface area contributed by atoms with Gasteiger partial charge in [-0.1, -0.05) is 232 Å². The van der Waals surface area contributed by atoms with Crippen molar-refractivity contribution in [1.29, 1.82) is 0 Å². The minimum atomic E-state index is 1.16. The lowest BCUT2D eigenvalue weighted by Crippen LogP contribution is -1.87. The molecule has 2 aromatic rings. The largest absolute Gasteiger partial charge is 0.239 e. The van der Waals surface area contributed by atoms with Crippen LogP contribution < -0.4 is 0 Å². The number of rotatable bonds is 39. The Morgan fingerprint density at radius 2 is 0.481 bits per heavy atom. The Labute approximate surface area is 334 Å². The summed E-state index contributed by atoms with van der Waals surface area (Å²) in [6, 6.07) is 0. The predicted octanol–water partition coefficient (Wildman–Crippen LogP) is 18.1. The maximum absolute atomic E-state index is 4.98. The van der Waals surface area contributed by atoms with Gasteiger partial charge in [0.2, 0.25) is 0 Å². The zero-order valence-electron chi connectivity index (χ0n) is 35.6. The van der Waals surface area contributed by atoms with Crippen LogP contribution >= 0.6 is 22.7 Å². The fourth-order valence-corrected chi connectivity index (χ4v) is 10.1. The van der Waals surface area contributed by atoms with Crippen LogP contribution in [-0.2, 0) is 12.8 Å². The highest BCUT2D eigenvalue weighted by atomic mass is 32.1. The lowest BCUT2D eigenvalue weighted by atomic mass is 10.0. The minimum Gasteiger partial charge on any atom is -0.239 e. The van der Waals surface area contributed by atoms with Gasteiger partial charge in [0.25, 0.3) is 0 Å². The van der Waals surface area contributed by atoms with Gasteiger partial charge in [0.15, 0.2) is 10.0 Å². The minimum absolute atomic E-state index is 1.16. The lowest BCUT2D eigenvalue weighted by Gasteiger charge is -2.04. The molecule has 0 aliphatic heterocycles. The first-order valence-electron chi connectivity index (χ1n) is 23.6. The van der Waals surface area contributed by atoms with Crippen LogP contribution in [0.25, 0.3) is 10.0 Å². The average molecular weight is 757 g/mol. The smallest absolute Gasteiger partial charge is 0.152 e. The predicted molar refractivity (Wildman–Crippen MR) is 238 cm³/mol. The molecular formula is C48H88N2S2. The Morgan fingerprint density at radius 3 is 0.692 bits per heavy atom. The van der Waals surface area contributed by atoms with Gasteiger partial charge in [-0.25, -0.2) is 9.97 Å². The van der Waals surface area contributed by atoms with Crippen molar-refractivity contribution in [3.8, 4) is 10.0 Å². The summed E-state index contributed by atoms with van der Waals surface area (Å²) >= 11 is 3.82. The standard InChI is InChI=1S/C48H88N2S2/c1-5-7-9-11-13-15-17-19-21-23-25-27-29-31-33-35-37-39-41-45-43(3)49-47(51-45)48-50-44(4)46(52-48)42-40-38-36-34-32-30-28-26-24-22-20-18-16-14-12-10-8-6-2/h5-42H2,1-4H3. The quantitative estimate of drug-likeness (QED) is 0.0635. The second kappa shape index (κ2) is 34.7. The molecule has 0 saturated heterocycles. The highest BCUT2D eigenvalue weighted by Crippen LogP contribution is 2.34. The van der Waals surface area contributed by atoms with Crippen LogP contribution in [0, 0.1) is 13.8 Å².